The fourth-order valence-corrected chi connectivity index (χ4v) is 1.51. The van der Waals surface area contributed by atoms with Crippen LogP contribution < -0.4 is 10.3 Å². The number of nitrogens with two attached hydrogens (primary N) is 1. The second-order valence-electron chi connectivity index (χ2n) is 3.09. The van der Waals surface area contributed by atoms with Crippen LogP contribution in [0.15, 0.2) is 24.5 Å². The number of aryl methyl sites for hydroxylation is 2. The van der Waals surface area contributed by atoms with Crippen LogP contribution in [0.2, 0.25) is 0 Å². The number of imidazole rings is 1. The molecule has 3 heteroatoms. The lowest BCUT2D eigenvalue weighted by Crippen LogP contribution is -2.25. The van der Waals surface area contributed by atoms with Crippen molar-refractivity contribution in [3.05, 3.63) is 24.5 Å². The van der Waals surface area contributed by atoms with E-state index >= 15 is 0 Å². The van der Waals surface area contributed by atoms with Crippen LogP contribution in [0.25, 0.3) is 11.0 Å². The van der Waals surface area contributed by atoms with Gasteiger partial charge in [0, 0.05) is 11.8 Å². The van der Waals surface area contributed by atoms with Gasteiger partial charge in [0.2, 0.25) is 6.33 Å². The molecule has 0 radical (unpaired) electrons. The standard InChI is InChI=1S/C9H12N3/c1-11-6-12(2)9-5-7(10)3-4-8(9)11/h3-6H,10H2,1-2H3/q+1. The van der Waals surface area contributed by atoms with E-state index < -0.39 is 0 Å². The van der Waals surface area contributed by atoms with Crippen LogP contribution in [0.4, 0.5) is 5.69 Å². The van der Waals surface area contributed by atoms with Crippen LogP contribution in [-0.2, 0) is 14.1 Å². The number of anilines is 1. The van der Waals surface area contributed by atoms with Crippen LogP contribution in [-0.4, -0.2) is 4.57 Å². The first-order chi connectivity index (χ1) is 5.68. The number of aromatic nitrogens is 2. The molecular formula is C9H12N3+. The maximum absolute atomic E-state index is 5.68. The smallest absolute Gasteiger partial charge is 0.244 e. The van der Waals surface area contributed by atoms with Gasteiger partial charge in [0.1, 0.15) is 0 Å². The first-order valence-corrected chi connectivity index (χ1v) is 3.88. The van der Waals surface area contributed by atoms with Gasteiger partial charge in [0.05, 0.1) is 14.1 Å². The van der Waals surface area contributed by atoms with E-state index in [0.717, 1.165) is 11.2 Å². The maximum atomic E-state index is 5.68. The highest BCUT2D eigenvalue weighted by atomic mass is 15.1. The van der Waals surface area contributed by atoms with Gasteiger partial charge < -0.3 is 5.73 Å². The summed E-state index contributed by atoms with van der Waals surface area (Å²) in [5, 5.41) is 0. The molecule has 0 aliphatic heterocycles. The predicted molar refractivity (Wildman–Crippen MR) is 48.5 cm³/mol. The Morgan fingerprint density at radius 3 is 2.92 bits per heavy atom. The molecule has 0 spiro atoms. The molecular weight excluding hydrogens is 150 g/mol. The monoisotopic (exact) mass is 162 g/mol. The largest absolute Gasteiger partial charge is 0.399 e. The third-order valence-corrected chi connectivity index (χ3v) is 2.11. The Morgan fingerprint density at radius 2 is 2.17 bits per heavy atom. The number of benzene rings is 1. The lowest BCUT2D eigenvalue weighted by Gasteiger charge is -1.90. The van der Waals surface area contributed by atoms with Gasteiger partial charge in [-0.2, -0.15) is 0 Å². The first-order valence-electron chi connectivity index (χ1n) is 3.88. The first kappa shape index (κ1) is 7.16. The second-order valence-corrected chi connectivity index (χ2v) is 3.09. The molecule has 0 aliphatic carbocycles. The Balaban J connectivity index is 2.90. The highest BCUT2D eigenvalue weighted by molar-refractivity contribution is 5.75. The summed E-state index contributed by atoms with van der Waals surface area (Å²) in [6, 6.07) is 5.93. The van der Waals surface area contributed by atoms with Crippen LogP contribution in [0.1, 0.15) is 0 Å². The van der Waals surface area contributed by atoms with Crippen molar-refractivity contribution in [3.63, 3.8) is 0 Å². The molecule has 1 aromatic heterocycles. The summed E-state index contributed by atoms with van der Waals surface area (Å²) in [5.41, 5.74) is 8.85. The van der Waals surface area contributed by atoms with E-state index in [1.165, 1.54) is 5.52 Å². The molecule has 2 aromatic rings. The van der Waals surface area contributed by atoms with E-state index in [9.17, 15) is 0 Å². The lowest BCUT2D eigenvalue weighted by molar-refractivity contribution is -0.645. The van der Waals surface area contributed by atoms with E-state index in [-0.39, 0.29) is 0 Å². The molecule has 2 N–H and O–H groups in total. The third kappa shape index (κ3) is 0.863. The molecule has 1 heterocycles. The van der Waals surface area contributed by atoms with Gasteiger partial charge in [-0.3, -0.25) is 0 Å². The SMILES string of the molecule is Cn1c[n+](C)c2cc(N)ccc21. The van der Waals surface area contributed by atoms with E-state index in [2.05, 4.69) is 9.13 Å². The normalized spacial score (nSPS) is 10.8. The lowest BCUT2D eigenvalue weighted by atomic mass is 10.3. The van der Waals surface area contributed by atoms with Crippen molar-refractivity contribution in [1.29, 1.82) is 0 Å². The van der Waals surface area contributed by atoms with Gasteiger partial charge in [0.15, 0.2) is 11.0 Å². The summed E-state index contributed by atoms with van der Waals surface area (Å²) in [4.78, 5) is 0. The Bertz CT molecular complexity index is 429. The molecule has 2 rings (SSSR count). The predicted octanol–water partition coefficient (Wildman–Crippen LogP) is 0.585. The minimum absolute atomic E-state index is 0.810. The average Bonchev–Trinajstić information content (AvgIpc) is 2.28. The zero-order chi connectivity index (χ0) is 8.72. The Morgan fingerprint density at radius 1 is 1.42 bits per heavy atom. The number of nitrogens with zero attached hydrogens (tertiary/aromatic N) is 2. The van der Waals surface area contributed by atoms with Crippen molar-refractivity contribution in [2.45, 2.75) is 0 Å². The van der Waals surface area contributed by atoms with E-state index in [4.69, 9.17) is 5.73 Å². The molecule has 0 bridgehead atoms. The van der Waals surface area contributed by atoms with Gasteiger partial charge in [-0.15, -0.1) is 0 Å². The second kappa shape index (κ2) is 2.24. The highest BCUT2D eigenvalue weighted by Crippen LogP contribution is 2.12. The topological polar surface area (TPSA) is 34.8 Å². The van der Waals surface area contributed by atoms with Crippen LogP contribution in [0.5, 0.6) is 0 Å². The Kier molecular flexibility index (Phi) is 1.33. The van der Waals surface area contributed by atoms with E-state index in [1.807, 2.05) is 38.6 Å². The minimum atomic E-state index is 0.810. The summed E-state index contributed by atoms with van der Waals surface area (Å²) in [5.74, 6) is 0. The van der Waals surface area contributed by atoms with Crippen LogP contribution in [0.3, 0.4) is 0 Å². The summed E-state index contributed by atoms with van der Waals surface area (Å²) in [6.45, 7) is 0. The molecule has 0 unspecified atom stereocenters. The third-order valence-electron chi connectivity index (χ3n) is 2.11. The molecule has 0 saturated carbocycles. The van der Waals surface area contributed by atoms with Crippen molar-refractivity contribution in [2.75, 3.05) is 5.73 Å². The number of fused-ring (bicyclic) bond motifs is 1. The van der Waals surface area contributed by atoms with Crippen molar-refractivity contribution >= 4 is 16.7 Å². The fraction of sp³-hybridized carbons (Fsp3) is 0.222. The van der Waals surface area contributed by atoms with Gasteiger partial charge in [-0.1, -0.05) is 0 Å². The molecule has 12 heavy (non-hydrogen) atoms. The maximum Gasteiger partial charge on any atom is 0.244 e. The average molecular weight is 162 g/mol. The van der Waals surface area contributed by atoms with Crippen molar-refractivity contribution in [3.8, 4) is 0 Å². The van der Waals surface area contributed by atoms with Gasteiger partial charge in [-0.05, 0) is 12.1 Å². The number of nitrogen functional groups attached to an aromatic ring is 1. The number of hydrogen-bond donors (Lipinski definition) is 1. The zero-order valence-corrected chi connectivity index (χ0v) is 7.28. The molecule has 3 nitrogen and oxygen atoms in total. The molecule has 1 aromatic carbocycles. The summed E-state index contributed by atoms with van der Waals surface area (Å²) >= 11 is 0. The van der Waals surface area contributed by atoms with Gasteiger partial charge >= 0.3 is 0 Å². The fourth-order valence-electron chi connectivity index (χ4n) is 1.51. The summed E-state index contributed by atoms with van der Waals surface area (Å²) in [7, 11) is 4.04. The molecule has 0 fully saturated rings. The van der Waals surface area contributed by atoms with Crippen LogP contribution >= 0.6 is 0 Å². The van der Waals surface area contributed by atoms with Crippen molar-refractivity contribution in [2.24, 2.45) is 14.1 Å². The Labute approximate surface area is 71.0 Å². The van der Waals surface area contributed by atoms with Gasteiger partial charge in [0.25, 0.3) is 0 Å². The molecule has 62 valence electrons. The van der Waals surface area contributed by atoms with E-state index in [0.29, 0.717) is 0 Å². The summed E-state index contributed by atoms with van der Waals surface area (Å²) in [6.07, 6.45) is 2.03. The quantitative estimate of drug-likeness (QED) is 0.446. The molecule has 0 saturated heterocycles. The minimum Gasteiger partial charge on any atom is -0.399 e. The Hall–Kier alpha value is -1.51. The molecule has 0 aliphatic rings. The van der Waals surface area contributed by atoms with Gasteiger partial charge in [-0.25, -0.2) is 9.13 Å². The van der Waals surface area contributed by atoms with Crippen molar-refractivity contribution < 1.29 is 4.57 Å². The highest BCUT2D eigenvalue weighted by Gasteiger charge is 2.08. The van der Waals surface area contributed by atoms with Crippen molar-refractivity contribution in [1.82, 2.24) is 4.57 Å². The zero-order valence-electron chi connectivity index (χ0n) is 7.28. The number of hydrogen-bond acceptors (Lipinski definition) is 1. The van der Waals surface area contributed by atoms with E-state index in [1.54, 1.807) is 0 Å². The molecule has 0 amide bonds. The number of rotatable bonds is 0. The van der Waals surface area contributed by atoms with Crippen LogP contribution in [0, 0.1) is 0 Å². The molecule has 0 atom stereocenters. The summed E-state index contributed by atoms with van der Waals surface area (Å²) < 4.78 is 4.14.